The predicted molar refractivity (Wildman–Crippen MR) is 58.3 cm³/mol. The van der Waals surface area contributed by atoms with Crippen molar-refractivity contribution in [3.05, 3.63) is 30.1 Å². The third-order valence-corrected chi connectivity index (χ3v) is 4.02. The summed E-state index contributed by atoms with van der Waals surface area (Å²) in [6, 6.07) is 3.39. The molecule has 0 heterocycles. The Hall–Kier alpha value is -1.19. The quantitative estimate of drug-likeness (QED) is 0.836. The van der Waals surface area contributed by atoms with Crippen molar-refractivity contribution < 1.29 is 31.1 Å². The Morgan fingerprint density at radius 2 is 1.68 bits per heavy atom. The largest absolute Gasteiger partial charge is 0.402 e. The average molecular weight is 301 g/mol. The van der Waals surface area contributed by atoms with Crippen LogP contribution < -0.4 is 0 Å². The van der Waals surface area contributed by atoms with Gasteiger partial charge in [0, 0.05) is 6.54 Å². The molecule has 1 N–H and O–H groups in total. The van der Waals surface area contributed by atoms with Crippen LogP contribution in [0.1, 0.15) is 0 Å². The number of aliphatic hydroxyl groups is 1. The van der Waals surface area contributed by atoms with Crippen LogP contribution in [-0.2, 0) is 10.0 Å². The molecule has 0 unspecified atom stereocenters. The first-order valence-electron chi connectivity index (χ1n) is 5.10. The number of nitrogens with zero attached hydrogens (tertiary/aromatic N) is 1. The molecule has 4 nitrogen and oxygen atoms in total. The smallest absolute Gasteiger partial charge is 0.395 e. The molecule has 0 fully saturated rings. The molecular formula is C10H11F4NO3S. The van der Waals surface area contributed by atoms with Gasteiger partial charge in [-0.05, 0) is 24.3 Å². The van der Waals surface area contributed by atoms with E-state index in [-0.39, 0.29) is 4.31 Å². The first-order valence-corrected chi connectivity index (χ1v) is 6.54. The highest BCUT2D eigenvalue weighted by Gasteiger charge is 2.36. The van der Waals surface area contributed by atoms with Gasteiger partial charge in [-0.2, -0.15) is 17.5 Å². The maximum Gasteiger partial charge on any atom is 0.402 e. The van der Waals surface area contributed by atoms with Gasteiger partial charge >= 0.3 is 6.18 Å². The third-order valence-electron chi connectivity index (χ3n) is 2.16. The number of halogens is 4. The minimum absolute atomic E-state index is 0.0975. The van der Waals surface area contributed by atoms with Crippen molar-refractivity contribution in [3.8, 4) is 0 Å². The lowest BCUT2D eigenvalue weighted by molar-refractivity contribution is -0.136. The zero-order chi connectivity index (χ0) is 14.7. The van der Waals surface area contributed by atoms with Gasteiger partial charge in [0.15, 0.2) is 0 Å². The summed E-state index contributed by atoms with van der Waals surface area (Å²) < 4.78 is 73.4. The molecule has 0 radical (unpaired) electrons. The lowest BCUT2D eigenvalue weighted by Crippen LogP contribution is -2.40. The standard InChI is InChI=1S/C10H11F4NO3S/c11-8-1-3-9(4-2-8)19(17,18)15(5-6-16)7-10(12,13)14/h1-4,16H,5-7H2. The van der Waals surface area contributed by atoms with E-state index in [1.807, 2.05) is 0 Å². The molecule has 0 saturated heterocycles. The van der Waals surface area contributed by atoms with Gasteiger partial charge in [0.05, 0.1) is 11.5 Å². The molecule has 19 heavy (non-hydrogen) atoms. The summed E-state index contributed by atoms with van der Waals surface area (Å²) in [4.78, 5) is -0.466. The highest BCUT2D eigenvalue weighted by Crippen LogP contribution is 2.22. The van der Waals surface area contributed by atoms with Crippen molar-refractivity contribution in [1.82, 2.24) is 4.31 Å². The number of alkyl halides is 3. The zero-order valence-corrected chi connectivity index (χ0v) is 10.4. The molecule has 1 aromatic rings. The van der Waals surface area contributed by atoms with Crippen molar-refractivity contribution in [2.45, 2.75) is 11.1 Å². The van der Waals surface area contributed by atoms with E-state index in [2.05, 4.69) is 0 Å². The molecule has 0 aliphatic heterocycles. The maximum atomic E-state index is 12.7. The Labute approximate surface area is 107 Å². The van der Waals surface area contributed by atoms with Gasteiger partial charge in [-0.25, -0.2) is 12.8 Å². The fourth-order valence-corrected chi connectivity index (χ4v) is 2.77. The lowest BCUT2D eigenvalue weighted by atomic mass is 10.4. The number of benzene rings is 1. The molecule has 9 heteroatoms. The normalized spacial score (nSPS) is 12.9. The Morgan fingerprint density at radius 3 is 2.11 bits per heavy atom. The maximum absolute atomic E-state index is 12.7. The van der Waals surface area contributed by atoms with Crippen molar-refractivity contribution in [2.24, 2.45) is 0 Å². The highest BCUT2D eigenvalue weighted by atomic mass is 32.2. The predicted octanol–water partition coefficient (Wildman–Crippen LogP) is 1.37. The molecule has 0 aromatic heterocycles. The van der Waals surface area contributed by atoms with Gasteiger partial charge in [-0.1, -0.05) is 0 Å². The molecule has 1 rings (SSSR count). The van der Waals surface area contributed by atoms with E-state index < -0.39 is 46.6 Å². The van der Waals surface area contributed by atoms with E-state index in [4.69, 9.17) is 5.11 Å². The molecule has 0 aliphatic carbocycles. The number of hydrogen-bond donors (Lipinski definition) is 1. The van der Waals surface area contributed by atoms with Crippen molar-refractivity contribution in [1.29, 1.82) is 0 Å². The second-order valence-electron chi connectivity index (χ2n) is 3.63. The molecule has 0 aliphatic rings. The third kappa shape index (κ3) is 4.44. The van der Waals surface area contributed by atoms with Crippen molar-refractivity contribution in [2.75, 3.05) is 19.7 Å². The average Bonchev–Trinajstić information content (AvgIpc) is 2.27. The van der Waals surface area contributed by atoms with Gasteiger partial charge in [0.2, 0.25) is 10.0 Å². The van der Waals surface area contributed by atoms with Gasteiger partial charge in [-0.15, -0.1) is 0 Å². The minimum atomic E-state index is -4.73. The molecule has 0 saturated carbocycles. The molecule has 0 atom stereocenters. The summed E-state index contributed by atoms with van der Waals surface area (Å²) in [6.07, 6.45) is -4.73. The van der Waals surface area contributed by atoms with E-state index in [9.17, 15) is 26.0 Å². The van der Waals surface area contributed by atoms with Crippen LogP contribution in [0.3, 0.4) is 0 Å². The van der Waals surface area contributed by atoms with Gasteiger partial charge in [0.1, 0.15) is 12.4 Å². The summed E-state index contributed by atoms with van der Waals surface area (Å²) >= 11 is 0. The monoisotopic (exact) mass is 301 g/mol. The Morgan fingerprint density at radius 1 is 1.16 bits per heavy atom. The van der Waals surface area contributed by atoms with Crippen LogP contribution in [0.5, 0.6) is 0 Å². The van der Waals surface area contributed by atoms with Gasteiger partial charge < -0.3 is 5.11 Å². The molecule has 1 aromatic carbocycles. The van der Waals surface area contributed by atoms with Crippen LogP contribution in [0.15, 0.2) is 29.2 Å². The molecule has 0 amide bonds. The molecule has 108 valence electrons. The molecular weight excluding hydrogens is 290 g/mol. The number of rotatable bonds is 5. The number of aliphatic hydroxyl groups excluding tert-OH is 1. The van der Waals surface area contributed by atoms with Gasteiger partial charge in [0.25, 0.3) is 0 Å². The zero-order valence-electron chi connectivity index (χ0n) is 9.56. The Bertz CT molecular complexity index is 513. The van der Waals surface area contributed by atoms with Crippen LogP contribution in [0.25, 0.3) is 0 Å². The van der Waals surface area contributed by atoms with Crippen LogP contribution in [0, 0.1) is 5.82 Å². The first kappa shape index (κ1) is 15.9. The van der Waals surface area contributed by atoms with Crippen LogP contribution in [0.4, 0.5) is 17.6 Å². The van der Waals surface area contributed by atoms with Gasteiger partial charge in [-0.3, -0.25) is 0 Å². The van der Waals surface area contributed by atoms with Crippen molar-refractivity contribution >= 4 is 10.0 Å². The second-order valence-corrected chi connectivity index (χ2v) is 5.57. The number of sulfonamides is 1. The number of hydrogen-bond acceptors (Lipinski definition) is 3. The highest BCUT2D eigenvalue weighted by molar-refractivity contribution is 7.89. The topological polar surface area (TPSA) is 57.6 Å². The summed E-state index contributed by atoms with van der Waals surface area (Å²) in [6.45, 7) is -3.16. The lowest BCUT2D eigenvalue weighted by Gasteiger charge is -2.22. The van der Waals surface area contributed by atoms with E-state index >= 15 is 0 Å². The SMILES string of the molecule is O=S(=O)(c1ccc(F)cc1)N(CCO)CC(F)(F)F. The van der Waals surface area contributed by atoms with E-state index in [0.717, 1.165) is 24.3 Å². The fraction of sp³-hybridized carbons (Fsp3) is 0.400. The van der Waals surface area contributed by atoms with Crippen LogP contribution in [-0.4, -0.2) is 43.7 Å². The minimum Gasteiger partial charge on any atom is -0.395 e. The first-order chi connectivity index (χ1) is 8.66. The van der Waals surface area contributed by atoms with E-state index in [1.54, 1.807) is 0 Å². The summed E-state index contributed by atoms with van der Waals surface area (Å²) in [7, 11) is -4.43. The molecule has 0 spiro atoms. The summed E-state index contributed by atoms with van der Waals surface area (Å²) in [5.74, 6) is -0.705. The summed E-state index contributed by atoms with van der Waals surface area (Å²) in [5, 5.41) is 8.65. The summed E-state index contributed by atoms with van der Waals surface area (Å²) in [5.41, 5.74) is 0. The van der Waals surface area contributed by atoms with Crippen molar-refractivity contribution in [3.63, 3.8) is 0 Å². The van der Waals surface area contributed by atoms with Crippen LogP contribution in [0.2, 0.25) is 0 Å². The Balaban J connectivity index is 3.09. The Kier molecular flexibility index (Phi) is 4.88. The van der Waals surface area contributed by atoms with E-state index in [0.29, 0.717) is 0 Å². The van der Waals surface area contributed by atoms with E-state index in [1.165, 1.54) is 0 Å². The van der Waals surface area contributed by atoms with Crippen LogP contribution >= 0.6 is 0 Å². The second kappa shape index (κ2) is 5.85. The fourth-order valence-electron chi connectivity index (χ4n) is 1.35. The molecule has 0 bridgehead atoms.